The maximum absolute atomic E-state index is 12.3. The van der Waals surface area contributed by atoms with E-state index in [1.54, 1.807) is 24.4 Å². The second-order valence-corrected chi connectivity index (χ2v) is 5.10. The SMILES string of the molecule is COC(=O)C1=C(C(=O)OC)N(c2cccc(C)c2Cl)C=CC=C1. The Hall–Kier alpha value is -2.53. The predicted molar refractivity (Wildman–Crippen MR) is 88.0 cm³/mol. The summed E-state index contributed by atoms with van der Waals surface area (Å²) in [6, 6.07) is 5.42. The van der Waals surface area contributed by atoms with E-state index in [9.17, 15) is 9.59 Å². The van der Waals surface area contributed by atoms with Gasteiger partial charge in [0.05, 0.1) is 30.5 Å². The third-order valence-corrected chi connectivity index (χ3v) is 3.81. The van der Waals surface area contributed by atoms with Crippen molar-refractivity contribution in [3.05, 3.63) is 64.5 Å². The first-order valence-corrected chi connectivity index (χ1v) is 7.19. The number of nitrogens with zero attached hydrogens (tertiary/aromatic N) is 1. The van der Waals surface area contributed by atoms with Gasteiger partial charge in [0.25, 0.3) is 0 Å². The van der Waals surface area contributed by atoms with Gasteiger partial charge in [0.2, 0.25) is 0 Å². The number of aryl methyl sites for hydroxylation is 1. The van der Waals surface area contributed by atoms with Gasteiger partial charge in [0.1, 0.15) is 5.70 Å². The number of allylic oxidation sites excluding steroid dienone is 2. The molecule has 0 unspecified atom stereocenters. The minimum atomic E-state index is -0.667. The lowest BCUT2D eigenvalue weighted by atomic mass is 10.1. The number of ether oxygens (including phenoxy) is 2. The first-order valence-electron chi connectivity index (χ1n) is 6.81. The number of carbonyl (C=O) groups is 2. The fourth-order valence-corrected chi connectivity index (χ4v) is 2.39. The number of methoxy groups -OCH3 is 2. The summed E-state index contributed by atoms with van der Waals surface area (Å²) in [7, 11) is 2.50. The molecule has 2 rings (SSSR count). The molecule has 120 valence electrons. The maximum atomic E-state index is 12.3. The number of hydrogen-bond acceptors (Lipinski definition) is 5. The molecule has 0 radical (unpaired) electrons. The molecule has 6 heteroatoms. The lowest BCUT2D eigenvalue weighted by molar-refractivity contribution is -0.139. The van der Waals surface area contributed by atoms with Gasteiger partial charge in [-0.15, -0.1) is 0 Å². The van der Waals surface area contributed by atoms with E-state index in [0.29, 0.717) is 10.7 Å². The van der Waals surface area contributed by atoms with E-state index in [1.165, 1.54) is 25.2 Å². The smallest absolute Gasteiger partial charge is 0.355 e. The highest BCUT2D eigenvalue weighted by Gasteiger charge is 2.28. The quantitative estimate of drug-likeness (QED) is 0.795. The van der Waals surface area contributed by atoms with Crippen molar-refractivity contribution in [3.8, 4) is 0 Å². The zero-order valence-corrected chi connectivity index (χ0v) is 13.8. The number of rotatable bonds is 3. The lowest BCUT2D eigenvalue weighted by Crippen LogP contribution is -2.27. The first-order chi connectivity index (χ1) is 11.0. The van der Waals surface area contributed by atoms with Crippen molar-refractivity contribution in [1.82, 2.24) is 0 Å². The molecule has 5 nitrogen and oxygen atoms in total. The molecule has 1 heterocycles. The molecule has 23 heavy (non-hydrogen) atoms. The highest BCUT2D eigenvalue weighted by Crippen LogP contribution is 2.33. The van der Waals surface area contributed by atoms with Crippen molar-refractivity contribution in [1.29, 1.82) is 0 Å². The average molecular weight is 334 g/mol. The number of carbonyl (C=O) groups excluding carboxylic acids is 2. The van der Waals surface area contributed by atoms with E-state index < -0.39 is 11.9 Å². The summed E-state index contributed by atoms with van der Waals surface area (Å²) in [6.45, 7) is 1.86. The van der Waals surface area contributed by atoms with Crippen molar-refractivity contribution < 1.29 is 19.1 Å². The minimum Gasteiger partial charge on any atom is -0.465 e. The summed E-state index contributed by atoms with van der Waals surface area (Å²) in [5, 5.41) is 0.477. The second kappa shape index (κ2) is 7.15. The van der Waals surface area contributed by atoms with E-state index in [4.69, 9.17) is 21.1 Å². The topological polar surface area (TPSA) is 55.8 Å². The summed E-state index contributed by atoms with van der Waals surface area (Å²) in [5.74, 6) is -1.31. The molecule has 0 saturated carbocycles. The van der Waals surface area contributed by atoms with Crippen LogP contribution in [0, 0.1) is 6.92 Å². The molecule has 0 aliphatic carbocycles. The van der Waals surface area contributed by atoms with E-state index in [1.807, 2.05) is 19.1 Å². The zero-order chi connectivity index (χ0) is 17.0. The number of benzene rings is 1. The van der Waals surface area contributed by atoms with Gasteiger partial charge in [0.15, 0.2) is 0 Å². The Labute approximate surface area is 139 Å². The van der Waals surface area contributed by atoms with Crippen molar-refractivity contribution in [2.24, 2.45) is 0 Å². The van der Waals surface area contributed by atoms with Crippen LogP contribution >= 0.6 is 11.6 Å². The normalized spacial score (nSPS) is 13.8. The lowest BCUT2D eigenvalue weighted by Gasteiger charge is -2.24. The maximum Gasteiger partial charge on any atom is 0.355 e. The zero-order valence-electron chi connectivity index (χ0n) is 13.0. The first kappa shape index (κ1) is 16.8. The molecule has 0 aromatic heterocycles. The number of halogens is 1. The van der Waals surface area contributed by atoms with Gasteiger partial charge >= 0.3 is 11.9 Å². The van der Waals surface area contributed by atoms with Gasteiger partial charge in [-0.1, -0.05) is 29.8 Å². The van der Waals surface area contributed by atoms with Crippen LogP contribution < -0.4 is 4.90 Å². The number of hydrogen-bond donors (Lipinski definition) is 0. The largest absolute Gasteiger partial charge is 0.465 e. The summed E-state index contributed by atoms with van der Waals surface area (Å²) in [6.07, 6.45) is 6.47. The van der Waals surface area contributed by atoms with Crippen LogP contribution in [0.2, 0.25) is 5.02 Å². The number of anilines is 1. The molecule has 0 bridgehead atoms. The summed E-state index contributed by atoms with van der Waals surface area (Å²) in [5.41, 5.74) is 1.53. The molecular formula is C17H16ClNO4. The molecule has 0 atom stereocenters. The third-order valence-electron chi connectivity index (χ3n) is 3.32. The van der Waals surface area contributed by atoms with Crippen LogP contribution in [-0.4, -0.2) is 26.2 Å². The Morgan fingerprint density at radius 3 is 2.43 bits per heavy atom. The molecule has 1 aliphatic heterocycles. The van der Waals surface area contributed by atoms with Crippen LogP contribution in [0.1, 0.15) is 5.56 Å². The molecule has 1 aliphatic rings. The van der Waals surface area contributed by atoms with E-state index in [2.05, 4.69) is 0 Å². The van der Waals surface area contributed by atoms with Crippen LogP contribution in [0.5, 0.6) is 0 Å². The third kappa shape index (κ3) is 3.29. The molecule has 0 spiro atoms. The summed E-state index contributed by atoms with van der Waals surface area (Å²) in [4.78, 5) is 25.9. The van der Waals surface area contributed by atoms with Gasteiger partial charge in [-0.3, -0.25) is 0 Å². The van der Waals surface area contributed by atoms with Crippen molar-refractivity contribution in [2.45, 2.75) is 6.92 Å². The Morgan fingerprint density at radius 2 is 1.78 bits per heavy atom. The van der Waals surface area contributed by atoms with E-state index >= 15 is 0 Å². The van der Waals surface area contributed by atoms with Crippen LogP contribution in [0.25, 0.3) is 0 Å². The number of esters is 2. The van der Waals surface area contributed by atoms with Crippen molar-refractivity contribution in [3.63, 3.8) is 0 Å². The Bertz CT molecular complexity index is 734. The average Bonchev–Trinajstić information content (AvgIpc) is 2.78. The highest BCUT2D eigenvalue weighted by molar-refractivity contribution is 6.34. The standard InChI is InChI=1S/C17H16ClNO4/c1-11-7-6-9-13(14(11)18)19-10-5-4-8-12(16(20)22-2)15(19)17(21)23-3/h4-10H,1-3H3. The molecule has 0 fully saturated rings. The van der Waals surface area contributed by atoms with E-state index in [-0.39, 0.29) is 11.3 Å². The molecular weight excluding hydrogens is 318 g/mol. The fourth-order valence-electron chi connectivity index (χ4n) is 2.17. The van der Waals surface area contributed by atoms with Crippen molar-refractivity contribution >= 4 is 29.2 Å². The molecule has 0 amide bonds. The molecule has 1 aromatic rings. The summed E-state index contributed by atoms with van der Waals surface area (Å²) < 4.78 is 9.60. The van der Waals surface area contributed by atoms with Crippen LogP contribution in [-0.2, 0) is 19.1 Å². The van der Waals surface area contributed by atoms with E-state index in [0.717, 1.165) is 5.56 Å². The predicted octanol–water partition coefficient (Wildman–Crippen LogP) is 3.14. The van der Waals surface area contributed by atoms with Gasteiger partial charge in [0, 0.05) is 6.20 Å². The van der Waals surface area contributed by atoms with Crippen LogP contribution in [0.4, 0.5) is 5.69 Å². The second-order valence-electron chi connectivity index (χ2n) is 4.72. The Kier molecular flexibility index (Phi) is 5.24. The van der Waals surface area contributed by atoms with Gasteiger partial charge in [-0.05, 0) is 30.7 Å². The molecule has 0 saturated heterocycles. The highest BCUT2D eigenvalue weighted by atomic mass is 35.5. The molecule has 0 N–H and O–H groups in total. The van der Waals surface area contributed by atoms with Crippen molar-refractivity contribution in [2.75, 3.05) is 19.1 Å². The molecule has 1 aromatic carbocycles. The Balaban J connectivity index is 2.71. The fraction of sp³-hybridized carbons (Fsp3) is 0.176. The van der Waals surface area contributed by atoms with Crippen LogP contribution in [0.15, 0.2) is 53.9 Å². The summed E-state index contributed by atoms with van der Waals surface area (Å²) >= 11 is 6.37. The monoisotopic (exact) mass is 333 g/mol. The van der Waals surface area contributed by atoms with Gasteiger partial charge < -0.3 is 14.4 Å². The minimum absolute atomic E-state index is 0.0388. The van der Waals surface area contributed by atoms with Gasteiger partial charge in [-0.2, -0.15) is 0 Å². The Morgan fingerprint density at radius 1 is 1.09 bits per heavy atom. The van der Waals surface area contributed by atoms with Crippen LogP contribution in [0.3, 0.4) is 0 Å². The van der Waals surface area contributed by atoms with Gasteiger partial charge in [-0.25, -0.2) is 9.59 Å².